The average Bonchev–Trinajstić information content (AvgIpc) is 2.45. The van der Waals surface area contributed by atoms with Gasteiger partial charge in [0.2, 0.25) is 0 Å². The maximum atomic E-state index is 11.8. The number of carbonyl (C=O) groups excluding carboxylic acids is 2. The Morgan fingerprint density at radius 3 is 2.40 bits per heavy atom. The summed E-state index contributed by atoms with van der Waals surface area (Å²) in [5.74, 6) is -1.30. The van der Waals surface area contributed by atoms with Crippen LogP contribution in [0.5, 0.6) is 0 Å². The second-order valence-electron chi connectivity index (χ2n) is 3.98. The van der Waals surface area contributed by atoms with E-state index in [0.29, 0.717) is 4.90 Å². The van der Waals surface area contributed by atoms with E-state index in [1.54, 1.807) is 24.3 Å². The number of imide groups is 1. The van der Waals surface area contributed by atoms with Gasteiger partial charge in [0.15, 0.2) is 0 Å². The smallest absolute Gasteiger partial charge is 0.419 e. The number of nitrogens with zero attached hydrogens (tertiary/aromatic N) is 1. The van der Waals surface area contributed by atoms with Gasteiger partial charge in [-0.1, -0.05) is 30.3 Å². The second-order valence-corrected chi connectivity index (χ2v) is 3.98. The van der Waals surface area contributed by atoms with Crippen LogP contribution in [0.15, 0.2) is 30.3 Å². The molecular formula is C13H16N2O5. The molecule has 20 heavy (non-hydrogen) atoms. The SMILES string of the molecule is CNC(=O)N(C(=O)OCc1ccccc1)[C@@H](C)C(=O)O. The van der Waals surface area contributed by atoms with Crippen molar-refractivity contribution in [3.8, 4) is 0 Å². The molecule has 0 aliphatic rings. The Hall–Kier alpha value is -2.57. The van der Waals surface area contributed by atoms with Crippen LogP contribution in [-0.2, 0) is 16.1 Å². The Bertz CT molecular complexity index is 489. The van der Waals surface area contributed by atoms with Gasteiger partial charge in [0.1, 0.15) is 12.6 Å². The van der Waals surface area contributed by atoms with Crippen molar-refractivity contribution in [3.05, 3.63) is 35.9 Å². The monoisotopic (exact) mass is 280 g/mol. The highest BCUT2D eigenvalue weighted by atomic mass is 16.6. The molecule has 7 nitrogen and oxygen atoms in total. The first-order valence-electron chi connectivity index (χ1n) is 5.91. The van der Waals surface area contributed by atoms with Crippen LogP contribution in [0.4, 0.5) is 9.59 Å². The Morgan fingerprint density at radius 1 is 1.30 bits per heavy atom. The van der Waals surface area contributed by atoms with Crippen molar-refractivity contribution in [1.29, 1.82) is 0 Å². The number of carboxylic acid groups (broad SMARTS) is 1. The average molecular weight is 280 g/mol. The number of aliphatic carboxylic acids is 1. The van der Waals surface area contributed by atoms with Gasteiger partial charge in [0.25, 0.3) is 0 Å². The lowest BCUT2D eigenvalue weighted by molar-refractivity contribution is -0.141. The number of amides is 3. The Balaban J connectivity index is 2.73. The first kappa shape index (κ1) is 15.5. The summed E-state index contributed by atoms with van der Waals surface area (Å²) in [6.45, 7) is 1.18. The fourth-order valence-electron chi connectivity index (χ4n) is 1.44. The summed E-state index contributed by atoms with van der Waals surface area (Å²) in [5, 5.41) is 11.1. The molecule has 0 unspecified atom stereocenters. The molecule has 0 heterocycles. The third-order valence-corrected chi connectivity index (χ3v) is 2.58. The summed E-state index contributed by atoms with van der Waals surface area (Å²) in [7, 11) is 1.30. The van der Waals surface area contributed by atoms with Crippen molar-refractivity contribution >= 4 is 18.1 Å². The zero-order valence-corrected chi connectivity index (χ0v) is 11.2. The van der Waals surface area contributed by atoms with E-state index in [4.69, 9.17) is 9.84 Å². The Labute approximate surface area is 116 Å². The van der Waals surface area contributed by atoms with Crippen LogP contribution in [0.3, 0.4) is 0 Å². The van der Waals surface area contributed by atoms with Crippen LogP contribution < -0.4 is 5.32 Å². The molecule has 0 aromatic heterocycles. The topological polar surface area (TPSA) is 95.9 Å². The number of hydrogen-bond donors (Lipinski definition) is 2. The number of carboxylic acids is 1. The van der Waals surface area contributed by atoms with Gasteiger partial charge < -0.3 is 15.2 Å². The first-order valence-corrected chi connectivity index (χ1v) is 5.91. The quantitative estimate of drug-likeness (QED) is 0.870. The minimum atomic E-state index is -1.32. The van der Waals surface area contributed by atoms with Gasteiger partial charge in [-0.05, 0) is 12.5 Å². The molecule has 1 aromatic carbocycles. The van der Waals surface area contributed by atoms with E-state index in [-0.39, 0.29) is 6.61 Å². The van der Waals surface area contributed by atoms with E-state index in [1.165, 1.54) is 14.0 Å². The van der Waals surface area contributed by atoms with Crippen molar-refractivity contribution in [2.45, 2.75) is 19.6 Å². The fourth-order valence-corrected chi connectivity index (χ4v) is 1.44. The number of nitrogens with one attached hydrogen (secondary N) is 1. The van der Waals surface area contributed by atoms with Crippen LogP contribution >= 0.6 is 0 Å². The van der Waals surface area contributed by atoms with Crippen LogP contribution in [0.2, 0.25) is 0 Å². The van der Waals surface area contributed by atoms with Crippen LogP contribution in [-0.4, -0.2) is 41.2 Å². The molecule has 108 valence electrons. The van der Waals surface area contributed by atoms with Crippen molar-refractivity contribution in [1.82, 2.24) is 10.2 Å². The van der Waals surface area contributed by atoms with E-state index >= 15 is 0 Å². The molecule has 1 rings (SSSR count). The summed E-state index contributed by atoms with van der Waals surface area (Å²) >= 11 is 0. The second kappa shape index (κ2) is 7.13. The van der Waals surface area contributed by atoms with Crippen LogP contribution in [0.1, 0.15) is 12.5 Å². The zero-order chi connectivity index (χ0) is 15.1. The minimum Gasteiger partial charge on any atom is -0.480 e. The third kappa shape index (κ3) is 3.98. The predicted octanol–water partition coefficient (Wildman–Crippen LogP) is 1.44. The molecule has 3 amide bonds. The highest BCUT2D eigenvalue weighted by Gasteiger charge is 2.32. The highest BCUT2D eigenvalue weighted by Crippen LogP contribution is 2.07. The lowest BCUT2D eigenvalue weighted by Crippen LogP contribution is -2.50. The van der Waals surface area contributed by atoms with Crippen LogP contribution in [0, 0.1) is 0 Å². The molecule has 0 radical (unpaired) electrons. The molecule has 0 spiro atoms. The van der Waals surface area contributed by atoms with Gasteiger partial charge in [0.05, 0.1) is 0 Å². The summed E-state index contributed by atoms with van der Waals surface area (Å²) in [5.41, 5.74) is 0.737. The molecule has 0 saturated carbocycles. The van der Waals surface area contributed by atoms with E-state index in [2.05, 4.69) is 5.32 Å². The lowest BCUT2D eigenvalue weighted by Gasteiger charge is -2.23. The molecule has 1 atom stereocenters. The van der Waals surface area contributed by atoms with Crippen LogP contribution in [0.25, 0.3) is 0 Å². The largest absolute Gasteiger partial charge is 0.480 e. The van der Waals surface area contributed by atoms with Gasteiger partial charge >= 0.3 is 18.1 Å². The standard InChI is InChI=1S/C13H16N2O5/c1-9(11(16)17)15(12(18)14-2)13(19)20-8-10-6-4-3-5-7-10/h3-7,9H,8H2,1-2H3,(H,14,18)(H,16,17)/t9-/m0/s1. The highest BCUT2D eigenvalue weighted by molar-refractivity contribution is 5.95. The molecule has 0 aliphatic carbocycles. The van der Waals surface area contributed by atoms with Crippen molar-refractivity contribution in [3.63, 3.8) is 0 Å². The molecular weight excluding hydrogens is 264 g/mol. The molecule has 2 N–H and O–H groups in total. The van der Waals surface area contributed by atoms with Gasteiger partial charge in [-0.25, -0.2) is 19.3 Å². The molecule has 1 aromatic rings. The summed E-state index contributed by atoms with van der Waals surface area (Å²) < 4.78 is 4.95. The lowest BCUT2D eigenvalue weighted by atomic mass is 10.2. The van der Waals surface area contributed by atoms with E-state index in [9.17, 15) is 14.4 Å². The van der Waals surface area contributed by atoms with Gasteiger partial charge in [0, 0.05) is 7.05 Å². The number of ether oxygens (including phenoxy) is 1. The van der Waals surface area contributed by atoms with Gasteiger partial charge in [-0.15, -0.1) is 0 Å². The van der Waals surface area contributed by atoms with E-state index in [1.807, 2.05) is 6.07 Å². The summed E-state index contributed by atoms with van der Waals surface area (Å²) in [6, 6.07) is 6.71. The fraction of sp³-hybridized carbons (Fsp3) is 0.308. The third-order valence-electron chi connectivity index (χ3n) is 2.58. The molecule has 0 aliphatic heterocycles. The maximum Gasteiger partial charge on any atom is 0.419 e. The summed E-state index contributed by atoms with van der Waals surface area (Å²) in [4.78, 5) is 34.8. The number of hydrogen-bond acceptors (Lipinski definition) is 4. The van der Waals surface area contributed by atoms with E-state index in [0.717, 1.165) is 5.56 Å². The first-order chi connectivity index (χ1) is 9.47. The molecule has 0 fully saturated rings. The summed E-state index contributed by atoms with van der Waals surface area (Å²) in [6.07, 6.45) is -1.01. The Kier molecular flexibility index (Phi) is 5.52. The number of rotatable bonds is 4. The Morgan fingerprint density at radius 2 is 1.90 bits per heavy atom. The van der Waals surface area contributed by atoms with Crippen molar-refractivity contribution < 1.29 is 24.2 Å². The van der Waals surface area contributed by atoms with Gasteiger partial charge in [-0.2, -0.15) is 0 Å². The van der Waals surface area contributed by atoms with E-state index < -0.39 is 24.1 Å². The number of carbonyl (C=O) groups is 3. The zero-order valence-electron chi connectivity index (χ0n) is 11.2. The number of benzene rings is 1. The maximum absolute atomic E-state index is 11.8. The normalized spacial score (nSPS) is 11.3. The van der Waals surface area contributed by atoms with Crippen molar-refractivity contribution in [2.24, 2.45) is 0 Å². The minimum absolute atomic E-state index is 0.0422. The predicted molar refractivity (Wildman–Crippen MR) is 70.0 cm³/mol. The molecule has 7 heteroatoms. The number of urea groups is 1. The molecule has 0 bridgehead atoms. The van der Waals surface area contributed by atoms with Crippen molar-refractivity contribution in [2.75, 3.05) is 7.05 Å². The van der Waals surface area contributed by atoms with Gasteiger partial charge in [-0.3, -0.25) is 0 Å². The molecule has 0 saturated heterocycles.